The van der Waals surface area contributed by atoms with E-state index >= 15 is 0 Å². The van der Waals surface area contributed by atoms with Gasteiger partial charge in [0.25, 0.3) is 11.8 Å². The fraction of sp³-hybridized carbons (Fsp3) is 0.375. The minimum Gasteiger partial charge on any atom is -0.404 e. The minimum absolute atomic E-state index is 0.0124. The number of carbonyl (C=O) groups is 4. The number of pyridine rings is 1. The minimum atomic E-state index is -4.89. The van der Waals surface area contributed by atoms with E-state index in [0.717, 1.165) is 40.6 Å². The van der Waals surface area contributed by atoms with Crippen molar-refractivity contribution in [1.82, 2.24) is 19.6 Å². The SMILES string of the molecule is CCCCc1nc2c(N)nc3ccccc3c2n1Cc1ccc(OP(=O)(O)O)c(CCC(=O)CCCC(=O)ON2C(=O)CCC2=O)c1. The third-order valence-corrected chi connectivity index (χ3v) is 8.27. The molecule has 0 unspecified atom stereocenters. The first-order chi connectivity index (χ1) is 22.4. The van der Waals surface area contributed by atoms with Crippen molar-refractivity contribution in [1.29, 1.82) is 0 Å². The van der Waals surface area contributed by atoms with Gasteiger partial charge < -0.3 is 19.7 Å². The Bertz CT molecular complexity index is 1880. The Balaban J connectivity index is 1.34. The van der Waals surface area contributed by atoms with E-state index in [-0.39, 0.29) is 56.5 Å². The average Bonchev–Trinajstić information content (AvgIpc) is 3.54. The Morgan fingerprint density at radius 3 is 2.45 bits per heavy atom. The molecular weight excluding hydrogens is 629 g/mol. The average molecular weight is 666 g/mol. The summed E-state index contributed by atoms with van der Waals surface area (Å²) in [5.74, 6) is -1.04. The number of aromatic nitrogens is 3. The fourth-order valence-electron chi connectivity index (χ4n) is 5.56. The number of phosphoric ester groups is 1. The van der Waals surface area contributed by atoms with Gasteiger partial charge in [0.1, 0.15) is 22.9 Å². The van der Waals surface area contributed by atoms with Crippen LogP contribution < -0.4 is 10.3 Å². The first kappa shape index (κ1) is 33.7. The lowest BCUT2D eigenvalue weighted by Crippen LogP contribution is -2.32. The predicted octanol–water partition coefficient (Wildman–Crippen LogP) is 4.31. The van der Waals surface area contributed by atoms with Gasteiger partial charge in [0.15, 0.2) is 5.82 Å². The van der Waals surface area contributed by atoms with Crippen molar-refractivity contribution in [3.63, 3.8) is 0 Å². The number of benzene rings is 2. The molecule has 2 aromatic carbocycles. The number of imidazole rings is 1. The summed E-state index contributed by atoms with van der Waals surface area (Å²) in [5.41, 5.74) is 9.72. The van der Waals surface area contributed by atoms with Gasteiger partial charge in [-0.3, -0.25) is 24.2 Å². The normalized spacial score (nSPS) is 13.6. The van der Waals surface area contributed by atoms with E-state index < -0.39 is 25.6 Å². The molecular formula is C32H36N5O9P. The second kappa shape index (κ2) is 14.4. The zero-order valence-corrected chi connectivity index (χ0v) is 26.8. The number of hydrogen-bond acceptors (Lipinski definition) is 10. The van der Waals surface area contributed by atoms with E-state index in [1.807, 2.05) is 24.3 Å². The van der Waals surface area contributed by atoms with Crippen LogP contribution in [-0.2, 0) is 48.0 Å². The number of Topliss-reactive ketones (excluding diaryl/α,β-unsaturated/α-hetero) is 1. The lowest BCUT2D eigenvalue weighted by Gasteiger charge is -2.15. The lowest BCUT2D eigenvalue weighted by molar-refractivity contribution is -0.197. The van der Waals surface area contributed by atoms with Gasteiger partial charge in [-0.15, -0.1) is 5.06 Å². The Morgan fingerprint density at radius 1 is 0.979 bits per heavy atom. The number of phosphoric acid groups is 1. The summed E-state index contributed by atoms with van der Waals surface area (Å²) in [5, 5.41) is 1.36. The fourth-order valence-corrected chi connectivity index (χ4v) is 6.00. The van der Waals surface area contributed by atoms with E-state index in [1.54, 1.807) is 12.1 Å². The van der Waals surface area contributed by atoms with Crippen molar-refractivity contribution in [2.45, 2.75) is 77.7 Å². The number of carbonyl (C=O) groups excluding carboxylic acids is 4. The number of fused-ring (bicyclic) bond motifs is 3. The molecule has 4 aromatic rings. The van der Waals surface area contributed by atoms with E-state index in [9.17, 15) is 33.5 Å². The Labute approximate surface area is 270 Å². The molecule has 1 aliphatic rings. The lowest BCUT2D eigenvalue weighted by atomic mass is 10.0. The Morgan fingerprint density at radius 2 is 1.72 bits per heavy atom. The molecule has 2 aromatic heterocycles. The highest BCUT2D eigenvalue weighted by molar-refractivity contribution is 7.46. The third-order valence-electron chi connectivity index (χ3n) is 7.83. The summed E-state index contributed by atoms with van der Waals surface area (Å²) in [6.07, 6.45) is 2.68. The number of hydrogen-bond donors (Lipinski definition) is 3. The number of nitrogens with two attached hydrogens (primary N) is 1. The maximum atomic E-state index is 12.7. The van der Waals surface area contributed by atoms with Crippen LogP contribution in [0.2, 0.25) is 0 Å². The van der Waals surface area contributed by atoms with E-state index in [4.69, 9.17) is 20.1 Å². The molecule has 47 heavy (non-hydrogen) atoms. The van der Waals surface area contributed by atoms with Crippen molar-refractivity contribution in [3.8, 4) is 5.75 Å². The molecule has 0 radical (unpaired) electrons. The summed E-state index contributed by atoms with van der Waals surface area (Å²) >= 11 is 0. The van der Waals surface area contributed by atoms with Crippen LogP contribution in [0.1, 0.15) is 75.2 Å². The van der Waals surface area contributed by atoms with Crippen LogP contribution in [-0.4, -0.2) is 53.0 Å². The van der Waals surface area contributed by atoms with Crippen LogP contribution in [0, 0.1) is 0 Å². The van der Waals surface area contributed by atoms with Gasteiger partial charge in [-0.25, -0.2) is 19.3 Å². The first-order valence-corrected chi connectivity index (χ1v) is 16.9. The quantitative estimate of drug-likeness (QED) is 0.120. The topological polar surface area (TPSA) is 204 Å². The summed E-state index contributed by atoms with van der Waals surface area (Å²) < 4.78 is 18.8. The Kier molecular flexibility index (Phi) is 10.3. The number of aryl methyl sites for hydroxylation is 2. The van der Waals surface area contributed by atoms with Crippen molar-refractivity contribution < 1.29 is 42.9 Å². The standard InChI is InChI=1S/C32H36N5O9P/c1-2-3-10-26-35-30-31(23-8-4-5-9-24(23)34-32(30)33)36(26)19-20-12-15-25(46-47(42,43)44)21(18-20)13-14-22(38)7-6-11-29(41)45-37-27(39)16-17-28(37)40/h4-5,8-9,12,15,18H,2-3,6-7,10-11,13-14,16-17,19H2,1H3,(H2,33,34)(H2,42,43,44). The van der Waals surface area contributed by atoms with Gasteiger partial charge in [-0.2, -0.15) is 0 Å². The molecule has 1 fully saturated rings. The predicted molar refractivity (Wildman–Crippen MR) is 171 cm³/mol. The van der Waals surface area contributed by atoms with Crippen LogP contribution in [0.4, 0.5) is 5.82 Å². The molecule has 248 valence electrons. The van der Waals surface area contributed by atoms with E-state index in [0.29, 0.717) is 34.9 Å². The summed E-state index contributed by atoms with van der Waals surface area (Å²) in [6.45, 7) is 2.46. The second-order valence-electron chi connectivity index (χ2n) is 11.4. The van der Waals surface area contributed by atoms with Crippen molar-refractivity contribution in [2.75, 3.05) is 5.73 Å². The molecule has 1 saturated heterocycles. The van der Waals surface area contributed by atoms with Crippen molar-refractivity contribution >= 4 is 59.1 Å². The van der Waals surface area contributed by atoms with E-state index in [2.05, 4.69) is 16.5 Å². The summed E-state index contributed by atoms with van der Waals surface area (Å²) in [6, 6.07) is 12.6. The highest BCUT2D eigenvalue weighted by Crippen LogP contribution is 2.40. The molecule has 1 aliphatic heterocycles. The van der Waals surface area contributed by atoms with Gasteiger partial charge in [0.05, 0.1) is 11.0 Å². The molecule has 3 heterocycles. The summed E-state index contributed by atoms with van der Waals surface area (Å²) in [7, 11) is -4.89. The second-order valence-corrected chi connectivity index (χ2v) is 12.6. The number of unbranched alkanes of at least 4 members (excludes halogenated alkanes) is 1. The monoisotopic (exact) mass is 665 g/mol. The van der Waals surface area contributed by atoms with Crippen molar-refractivity contribution in [2.24, 2.45) is 0 Å². The Hall–Kier alpha value is -4.65. The van der Waals surface area contributed by atoms with Crippen LogP contribution in [0.3, 0.4) is 0 Å². The van der Waals surface area contributed by atoms with Crippen LogP contribution in [0.5, 0.6) is 5.75 Å². The molecule has 0 spiro atoms. The number of nitrogens with zero attached hydrogens (tertiary/aromatic N) is 4. The van der Waals surface area contributed by atoms with Gasteiger partial charge in [0, 0.05) is 50.5 Å². The number of hydroxylamine groups is 2. The molecule has 0 atom stereocenters. The molecule has 14 nitrogen and oxygen atoms in total. The van der Waals surface area contributed by atoms with Gasteiger partial charge in [-0.05, 0) is 42.5 Å². The largest absolute Gasteiger partial charge is 0.524 e. The number of anilines is 1. The summed E-state index contributed by atoms with van der Waals surface area (Å²) in [4.78, 5) is 81.3. The highest BCUT2D eigenvalue weighted by Gasteiger charge is 2.32. The number of ketones is 1. The number of para-hydroxylation sites is 1. The first-order valence-electron chi connectivity index (χ1n) is 15.4. The van der Waals surface area contributed by atoms with Gasteiger partial charge >= 0.3 is 13.8 Å². The number of amides is 2. The molecule has 5 rings (SSSR count). The smallest absolute Gasteiger partial charge is 0.404 e. The van der Waals surface area contributed by atoms with E-state index in [1.165, 1.54) is 6.07 Å². The molecule has 4 N–H and O–H groups in total. The maximum Gasteiger partial charge on any atom is 0.524 e. The molecule has 15 heteroatoms. The van der Waals surface area contributed by atoms with Crippen LogP contribution in [0.15, 0.2) is 42.5 Å². The molecule has 0 bridgehead atoms. The van der Waals surface area contributed by atoms with Crippen molar-refractivity contribution in [3.05, 3.63) is 59.4 Å². The molecule has 0 saturated carbocycles. The van der Waals surface area contributed by atoms with Crippen LogP contribution in [0.25, 0.3) is 21.9 Å². The maximum absolute atomic E-state index is 12.7. The zero-order valence-electron chi connectivity index (χ0n) is 25.9. The molecule has 2 amide bonds. The number of nitrogen functional groups attached to an aromatic ring is 1. The zero-order chi connectivity index (χ0) is 33.7. The van der Waals surface area contributed by atoms with Crippen LogP contribution >= 0.6 is 7.82 Å². The highest BCUT2D eigenvalue weighted by atomic mass is 31.2. The third kappa shape index (κ3) is 8.20. The number of rotatable bonds is 15. The molecule has 0 aliphatic carbocycles. The van der Waals surface area contributed by atoms with Gasteiger partial charge in [0.2, 0.25) is 0 Å². The van der Waals surface area contributed by atoms with Gasteiger partial charge in [-0.1, -0.05) is 43.7 Å². The number of imide groups is 1.